The number of aryl methyl sites for hydroxylation is 1. The molecular weight excluding hydrogens is 531 g/mol. The van der Waals surface area contributed by atoms with E-state index in [2.05, 4.69) is 36.4 Å². The molecule has 3 aromatic rings. The largest absolute Gasteiger partial charge is 0.490 e. The Morgan fingerprint density at radius 2 is 1.86 bits per heavy atom. The third kappa shape index (κ3) is 5.05. The summed E-state index contributed by atoms with van der Waals surface area (Å²) < 4.78 is 23.8. The Kier molecular flexibility index (Phi) is 7.92. The molecule has 0 N–H and O–H groups in total. The number of fused-ring (bicyclic) bond motifs is 2. The fourth-order valence-corrected chi connectivity index (χ4v) is 7.42. The Morgan fingerprint density at radius 3 is 2.61 bits per heavy atom. The first-order valence-corrected chi connectivity index (χ1v) is 15.8. The van der Waals surface area contributed by atoms with Gasteiger partial charge in [0.05, 0.1) is 16.7 Å². The van der Waals surface area contributed by atoms with E-state index >= 15 is 0 Å². The zero-order chi connectivity index (χ0) is 25.4. The number of rotatable bonds is 8. The van der Waals surface area contributed by atoms with Crippen molar-refractivity contribution in [1.29, 1.82) is 0 Å². The summed E-state index contributed by atoms with van der Waals surface area (Å²) in [5, 5.41) is 1.08. The highest BCUT2D eigenvalue weighted by Gasteiger charge is 2.29. The number of halogens is 2. The van der Waals surface area contributed by atoms with E-state index in [1.807, 2.05) is 25.6 Å². The third-order valence-electron chi connectivity index (χ3n) is 7.06. The van der Waals surface area contributed by atoms with Crippen LogP contribution >= 0.6 is 35.0 Å². The van der Waals surface area contributed by atoms with Crippen molar-refractivity contribution >= 4 is 45.8 Å². The van der Waals surface area contributed by atoms with Gasteiger partial charge < -0.3 is 9.47 Å². The number of hydrogen-bond acceptors (Lipinski definition) is 4. The first kappa shape index (κ1) is 26.0. The summed E-state index contributed by atoms with van der Waals surface area (Å²) in [5.74, 6) is 3.21. The van der Waals surface area contributed by atoms with E-state index in [-0.39, 0.29) is 6.10 Å². The van der Waals surface area contributed by atoms with Gasteiger partial charge in [0.15, 0.2) is 5.75 Å². The molecule has 0 saturated heterocycles. The normalized spacial score (nSPS) is 17.1. The molecule has 1 heterocycles. The molecule has 190 valence electrons. The zero-order valence-electron chi connectivity index (χ0n) is 20.8. The molecule has 5 rings (SSSR count). The maximum Gasteiger partial charge on any atom is 0.157 e. The van der Waals surface area contributed by atoms with Gasteiger partial charge >= 0.3 is 0 Å². The highest BCUT2D eigenvalue weighted by molar-refractivity contribution is 7.99. The van der Waals surface area contributed by atoms with Crippen molar-refractivity contribution in [1.82, 2.24) is 0 Å². The molecule has 0 saturated carbocycles. The molecule has 3 aromatic carbocycles. The molecule has 0 fully saturated rings. The molecule has 0 aromatic heterocycles. The zero-order valence-corrected chi connectivity index (χ0v) is 23.9. The van der Waals surface area contributed by atoms with Gasteiger partial charge in [-0.15, -0.1) is 11.8 Å². The summed E-state index contributed by atoms with van der Waals surface area (Å²) in [6.07, 6.45) is 5.44. The Bertz CT molecular complexity index is 1310. The van der Waals surface area contributed by atoms with Crippen molar-refractivity contribution in [2.45, 2.75) is 50.5 Å². The van der Waals surface area contributed by atoms with E-state index in [1.165, 1.54) is 21.6 Å². The standard InChI is InChI=1S/C29H30Cl2O3S2/c1-17-26(18(2)28(31)29(27(17)30)33-13-5-15-36(3)32)23-7-4-6-22-21(23)10-11-24(22)34-20-9-8-19-12-14-35-25(19)16-20/h4,6-9,16,24H,5,10-15H2,1-3H3. The lowest BCUT2D eigenvalue weighted by atomic mass is 9.90. The van der Waals surface area contributed by atoms with Crippen molar-refractivity contribution in [3.05, 3.63) is 74.3 Å². The molecule has 0 spiro atoms. The second-order valence-corrected chi connectivity index (χ2v) is 12.9. The van der Waals surface area contributed by atoms with Crippen LogP contribution in [0.4, 0.5) is 0 Å². The lowest BCUT2D eigenvalue weighted by molar-refractivity contribution is 0.207. The molecule has 2 unspecified atom stereocenters. The number of benzene rings is 3. The van der Waals surface area contributed by atoms with Crippen LogP contribution in [0.1, 0.15) is 46.8 Å². The minimum Gasteiger partial charge on any atom is -0.490 e. The van der Waals surface area contributed by atoms with Gasteiger partial charge in [0.2, 0.25) is 0 Å². The Morgan fingerprint density at radius 1 is 1.08 bits per heavy atom. The van der Waals surface area contributed by atoms with Gasteiger partial charge in [0.25, 0.3) is 0 Å². The Labute approximate surface area is 230 Å². The molecule has 7 heteroatoms. The van der Waals surface area contributed by atoms with Crippen LogP contribution in [0.5, 0.6) is 11.5 Å². The topological polar surface area (TPSA) is 35.5 Å². The van der Waals surface area contributed by atoms with Crippen LogP contribution in [0.2, 0.25) is 10.0 Å². The minimum absolute atomic E-state index is 0.0303. The van der Waals surface area contributed by atoms with Gasteiger partial charge in [-0.3, -0.25) is 4.21 Å². The van der Waals surface area contributed by atoms with Crippen LogP contribution in [-0.2, 0) is 23.6 Å². The number of ether oxygens (including phenoxy) is 2. The van der Waals surface area contributed by atoms with Gasteiger partial charge in [-0.25, -0.2) is 0 Å². The first-order valence-electron chi connectivity index (χ1n) is 12.3. The van der Waals surface area contributed by atoms with E-state index in [0.717, 1.165) is 53.0 Å². The molecule has 3 nitrogen and oxygen atoms in total. The molecule has 2 aliphatic rings. The van der Waals surface area contributed by atoms with Crippen molar-refractivity contribution in [3.8, 4) is 22.6 Å². The maximum atomic E-state index is 11.4. The van der Waals surface area contributed by atoms with E-state index in [0.29, 0.717) is 34.6 Å². The van der Waals surface area contributed by atoms with E-state index in [9.17, 15) is 4.21 Å². The Balaban J connectivity index is 1.44. The van der Waals surface area contributed by atoms with Crippen molar-refractivity contribution in [3.63, 3.8) is 0 Å². The van der Waals surface area contributed by atoms with Crippen molar-refractivity contribution in [2.24, 2.45) is 0 Å². The Hall–Kier alpha value is -1.66. The van der Waals surface area contributed by atoms with Crippen molar-refractivity contribution < 1.29 is 13.7 Å². The maximum absolute atomic E-state index is 11.4. The second-order valence-electron chi connectivity index (χ2n) is 9.45. The summed E-state index contributed by atoms with van der Waals surface area (Å²) in [6, 6.07) is 13.0. The van der Waals surface area contributed by atoms with Crippen LogP contribution in [-0.4, -0.2) is 28.6 Å². The van der Waals surface area contributed by atoms with Gasteiger partial charge in [-0.2, -0.15) is 0 Å². The van der Waals surface area contributed by atoms with Crippen LogP contribution in [0.3, 0.4) is 0 Å². The molecule has 0 amide bonds. The van der Waals surface area contributed by atoms with Crippen LogP contribution < -0.4 is 9.47 Å². The smallest absolute Gasteiger partial charge is 0.157 e. The first-order chi connectivity index (χ1) is 17.3. The lowest BCUT2D eigenvalue weighted by Gasteiger charge is -2.21. The monoisotopic (exact) mass is 560 g/mol. The molecule has 36 heavy (non-hydrogen) atoms. The summed E-state index contributed by atoms with van der Waals surface area (Å²) in [6.45, 7) is 4.48. The van der Waals surface area contributed by atoms with Gasteiger partial charge in [0.1, 0.15) is 11.9 Å². The van der Waals surface area contributed by atoms with Gasteiger partial charge in [-0.05, 0) is 90.6 Å². The minimum atomic E-state index is -0.845. The average Bonchev–Trinajstić information content (AvgIpc) is 3.49. The number of hydrogen-bond donors (Lipinski definition) is 0. The molecule has 1 aliphatic carbocycles. The summed E-state index contributed by atoms with van der Waals surface area (Å²) in [4.78, 5) is 1.35. The summed E-state index contributed by atoms with van der Waals surface area (Å²) >= 11 is 15.5. The predicted octanol–water partition coefficient (Wildman–Crippen LogP) is 8.14. The van der Waals surface area contributed by atoms with E-state index < -0.39 is 10.8 Å². The molecule has 0 radical (unpaired) electrons. The van der Waals surface area contributed by atoms with Crippen molar-refractivity contribution in [2.75, 3.05) is 24.4 Å². The highest BCUT2D eigenvalue weighted by atomic mass is 35.5. The third-order valence-corrected chi connectivity index (χ3v) is 9.93. The predicted molar refractivity (Wildman–Crippen MR) is 153 cm³/mol. The molecule has 2 atom stereocenters. The quantitative estimate of drug-likeness (QED) is 0.260. The molecular formula is C29H30Cl2O3S2. The lowest BCUT2D eigenvalue weighted by Crippen LogP contribution is -2.06. The van der Waals surface area contributed by atoms with E-state index in [1.54, 1.807) is 6.26 Å². The molecule has 0 bridgehead atoms. The second kappa shape index (κ2) is 11.0. The van der Waals surface area contributed by atoms with Crippen LogP contribution in [0.25, 0.3) is 11.1 Å². The van der Waals surface area contributed by atoms with Crippen LogP contribution in [0, 0.1) is 13.8 Å². The molecule has 1 aliphatic heterocycles. The van der Waals surface area contributed by atoms with Crippen LogP contribution in [0.15, 0.2) is 41.3 Å². The summed E-state index contributed by atoms with van der Waals surface area (Å²) in [5.41, 5.74) is 8.11. The fourth-order valence-electron chi connectivity index (χ4n) is 5.26. The SMILES string of the molecule is Cc1c(Cl)c(OCCCS(C)=O)c(Cl)c(C)c1-c1cccc2c1CCC2Oc1ccc2c(c1)SCC2. The van der Waals surface area contributed by atoms with Gasteiger partial charge in [-0.1, -0.05) is 47.5 Å². The highest BCUT2D eigenvalue weighted by Crippen LogP contribution is 2.48. The number of thioether (sulfide) groups is 1. The van der Waals surface area contributed by atoms with E-state index in [4.69, 9.17) is 32.7 Å². The fraction of sp³-hybridized carbons (Fsp3) is 0.379. The summed E-state index contributed by atoms with van der Waals surface area (Å²) in [7, 11) is -0.845. The van der Waals surface area contributed by atoms with Gasteiger partial charge in [0, 0.05) is 33.5 Å². The average molecular weight is 562 g/mol.